The first kappa shape index (κ1) is 15.3. The normalized spacial score (nSPS) is 30.6. The molecule has 3 rings (SSSR count). The smallest absolute Gasteiger partial charge is 0.124 e. The molecular formula is C17H24ClFN2. The van der Waals surface area contributed by atoms with Crippen LogP contribution in [-0.4, -0.2) is 29.6 Å². The molecule has 2 atom stereocenters. The molecule has 116 valence electrons. The standard InChI is InChI=1S/C17H24ClFN2/c1-3-17(2)11-20-16(12-4-5-12)10-21(17)9-13-6-7-14(19)8-15(13)18/h6-8,12,16,20H,3-5,9-11H2,1-2H3. The average molecular weight is 311 g/mol. The molecule has 1 heterocycles. The van der Waals surface area contributed by atoms with Crippen molar-refractivity contribution in [2.45, 2.75) is 51.2 Å². The molecule has 1 aliphatic heterocycles. The lowest BCUT2D eigenvalue weighted by Crippen LogP contribution is -2.63. The predicted octanol–water partition coefficient (Wildman–Crippen LogP) is 3.83. The Kier molecular flexibility index (Phi) is 4.26. The molecule has 1 N–H and O–H groups in total. The largest absolute Gasteiger partial charge is 0.311 e. The van der Waals surface area contributed by atoms with Gasteiger partial charge in [-0.3, -0.25) is 4.90 Å². The molecular weight excluding hydrogens is 287 g/mol. The Morgan fingerprint density at radius 3 is 2.81 bits per heavy atom. The summed E-state index contributed by atoms with van der Waals surface area (Å²) in [4.78, 5) is 2.53. The van der Waals surface area contributed by atoms with Gasteiger partial charge in [-0.15, -0.1) is 0 Å². The van der Waals surface area contributed by atoms with Gasteiger partial charge in [0.1, 0.15) is 5.82 Å². The first-order valence-electron chi connectivity index (χ1n) is 7.94. The maximum absolute atomic E-state index is 13.2. The summed E-state index contributed by atoms with van der Waals surface area (Å²) in [5.74, 6) is 0.579. The quantitative estimate of drug-likeness (QED) is 0.909. The van der Waals surface area contributed by atoms with E-state index in [2.05, 4.69) is 24.1 Å². The maximum Gasteiger partial charge on any atom is 0.124 e. The molecule has 0 bridgehead atoms. The minimum atomic E-state index is -0.266. The Morgan fingerprint density at radius 2 is 2.19 bits per heavy atom. The van der Waals surface area contributed by atoms with Crippen molar-refractivity contribution >= 4 is 11.6 Å². The fourth-order valence-electron chi connectivity index (χ4n) is 3.26. The van der Waals surface area contributed by atoms with E-state index >= 15 is 0 Å². The van der Waals surface area contributed by atoms with E-state index in [4.69, 9.17) is 11.6 Å². The highest BCUT2D eigenvalue weighted by atomic mass is 35.5. The number of piperazine rings is 1. The first-order valence-corrected chi connectivity index (χ1v) is 8.32. The molecule has 2 nitrogen and oxygen atoms in total. The molecule has 0 aromatic heterocycles. The lowest BCUT2D eigenvalue weighted by molar-refractivity contribution is 0.0369. The predicted molar refractivity (Wildman–Crippen MR) is 85.0 cm³/mol. The Labute approximate surface area is 131 Å². The first-order chi connectivity index (χ1) is 10.0. The van der Waals surface area contributed by atoms with Crippen LogP contribution in [0.4, 0.5) is 4.39 Å². The van der Waals surface area contributed by atoms with Crippen LogP contribution in [-0.2, 0) is 6.54 Å². The lowest BCUT2D eigenvalue weighted by Gasteiger charge is -2.48. The zero-order chi connectivity index (χ0) is 15.0. The van der Waals surface area contributed by atoms with Crippen molar-refractivity contribution in [3.8, 4) is 0 Å². The maximum atomic E-state index is 13.2. The molecule has 2 unspecified atom stereocenters. The molecule has 1 aromatic carbocycles. The number of nitrogens with zero attached hydrogens (tertiary/aromatic N) is 1. The molecule has 2 fully saturated rings. The Bertz CT molecular complexity index is 518. The van der Waals surface area contributed by atoms with Crippen molar-refractivity contribution < 1.29 is 4.39 Å². The van der Waals surface area contributed by atoms with Gasteiger partial charge in [-0.25, -0.2) is 4.39 Å². The van der Waals surface area contributed by atoms with E-state index in [1.165, 1.54) is 25.0 Å². The summed E-state index contributed by atoms with van der Waals surface area (Å²) >= 11 is 6.21. The Balaban J connectivity index is 1.78. The van der Waals surface area contributed by atoms with Crippen molar-refractivity contribution in [2.75, 3.05) is 13.1 Å². The summed E-state index contributed by atoms with van der Waals surface area (Å²) in [6.07, 6.45) is 3.80. The highest BCUT2D eigenvalue weighted by molar-refractivity contribution is 6.31. The third-order valence-corrected chi connectivity index (χ3v) is 5.61. The molecule has 2 aliphatic rings. The van der Waals surface area contributed by atoms with E-state index in [1.54, 1.807) is 0 Å². The Hall–Kier alpha value is -0.640. The second-order valence-electron chi connectivity index (χ2n) is 6.79. The van der Waals surface area contributed by atoms with Crippen LogP contribution in [0.1, 0.15) is 38.7 Å². The van der Waals surface area contributed by atoms with Crippen LogP contribution in [0.5, 0.6) is 0 Å². The van der Waals surface area contributed by atoms with Crippen LogP contribution in [0.15, 0.2) is 18.2 Å². The van der Waals surface area contributed by atoms with Gasteiger partial charge in [0.25, 0.3) is 0 Å². The van der Waals surface area contributed by atoms with Crippen molar-refractivity contribution in [2.24, 2.45) is 5.92 Å². The second kappa shape index (κ2) is 5.86. The monoisotopic (exact) mass is 310 g/mol. The highest BCUT2D eigenvalue weighted by Crippen LogP contribution is 2.37. The fraction of sp³-hybridized carbons (Fsp3) is 0.647. The van der Waals surface area contributed by atoms with Crippen LogP contribution < -0.4 is 5.32 Å². The minimum Gasteiger partial charge on any atom is -0.311 e. The van der Waals surface area contributed by atoms with E-state index < -0.39 is 0 Å². The molecule has 1 saturated heterocycles. The summed E-state index contributed by atoms with van der Waals surface area (Å²) in [6, 6.07) is 5.34. The summed E-state index contributed by atoms with van der Waals surface area (Å²) in [5.41, 5.74) is 1.16. The van der Waals surface area contributed by atoms with Crippen LogP contribution in [0.2, 0.25) is 5.02 Å². The van der Waals surface area contributed by atoms with E-state index in [0.717, 1.165) is 37.5 Å². The van der Waals surface area contributed by atoms with Crippen LogP contribution in [0.25, 0.3) is 0 Å². The number of benzene rings is 1. The van der Waals surface area contributed by atoms with Gasteiger partial charge in [-0.2, -0.15) is 0 Å². The molecule has 1 saturated carbocycles. The summed E-state index contributed by atoms with van der Waals surface area (Å²) in [5, 5.41) is 4.26. The van der Waals surface area contributed by atoms with Gasteiger partial charge >= 0.3 is 0 Å². The van der Waals surface area contributed by atoms with Crippen molar-refractivity contribution in [1.82, 2.24) is 10.2 Å². The number of nitrogens with one attached hydrogen (secondary N) is 1. The second-order valence-corrected chi connectivity index (χ2v) is 7.20. The van der Waals surface area contributed by atoms with Gasteiger partial charge < -0.3 is 5.32 Å². The number of rotatable bonds is 4. The number of hydrogen-bond donors (Lipinski definition) is 1. The molecule has 4 heteroatoms. The van der Waals surface area contributed by atoms with Gasteiger partial charge in [-0.05, 0) is 49.8 Å². The van der Waals surface area contributed by atoms with Crippen molar-refractivity contribution in [3.05, 3.63) is 34.6 Å². The van der Waals surface area contributed by atoms with Crippen LogP contribution in [0.3, 0.4) is 0 Å². The molecule has 0 amide bonds. The zero-order valence-corrected chi connectivity index (χ0v) is 13.6. The van der Waals surface area contributed by atoms with Gasteiger partial charge in [0.15, 0.2) is 0 Å². The minimum absolute atomic E-state index is 0.142. The van der Waals surface area contributed by atoms with Gasteiger partial charge in [0.2, 0.25) is 0 Å². The third-order valence-electron chi connectivity index (χ3n) is 5.25. The van der Waals surface area contributed by atoms with E-state index in [9.17, 15) is 4.39 Å². The third kappa shape index (κ3) is 3.25. The van der Waals surface area contributed by atoms with Gasteiger partial charge in [0.05, 0.1) is 0 Å². The van der Waals surface area contributed by atoms with E-state index in [0.29, 0.717) is 11.1 Å². The number of hydrogen-bond acceptors (Lipinski definition) is 2. The number of halogens is 2. The van der Waals surface area contributed by atoms with Crippen LogP contribution in [0, 0.1) is 11.7 Å². The van der Waals surface area contributed by atoms with Crippen molar-refractivity contribution in [1.29, 1.82) is 0 Å². The summed E-state index contributed by atoms with van der Waals surface area (Å²) in [6.45, 7) is 7.42. The fourth-order valence-corrected chi connectivity index (χ4v) is 3.49. The molecule has 21 heavy (non-hydrogen) atoms. The topological polar surface area (TPSA) is 15.3 Å². The van der Waals surface area contributed by atoms with E-state index in [-0.39, 0.29) is 11.4 Å². The molecule has 1 aliphatic carbocycles. The highest BCUT2D eigenvalue weighted by Gasteiger charge is 2.41. The van der Waals surface area contributed by atoms with Gasteiger partial charge in [-0.1, -0.05) is 24.6 Å². The zero-order valence-electron chi connectivity index (χ0n) is 12.8. The summed E-state index contributed by atoms with van der Waals surface area (Å²) < 4.78 is 13.2. The molecule has 0 spiro atoms. The average Bonchev–Trinajstić information content (AvgIpc) is 3.28. The van der Waals surface area contributed by atoms with E-state index in [1.807, 2.05) is 6.07 Å². The van der Waals surface area contributed by atoms with Crippen molar-refractivity contribution in [3.63, 3.8) is 0 Å². The molecule has 1 aromatic rings. The molecule has 0 radical (unpaired) electrons. The SMILES string of the molecule is CCC1(C)CNC(C2CC2)CN1Cc1ccc(F)cc1Cl. The summed E-state index contributed by atoms with van der Waals surface area (Å²) in [7, 11) is 0. The Morgan fingerprint density at radius 1 is 1.43 bits per heavy atom. The van der Waals surface area contributed by atoms with Gasteiger partial charge in [0, 0.05) is 36.2 Å². The van der Waals surface area contributed by atoms with Crippen LogP contribution >= 0.6 is 11.6 Å². The lowest BCUT2D eigenvalue weighted by atomic mass is 9.90.